The first-order valence-electron chi connectivity index (χ1n) is 8.22. The van der Waals surface area contributed by atoms with E-state index >= 15 is 0 Å². The number of nitrogens with one attached hydrogen (secondary N) is 2. The highest BCUT2D eigenvalue weighted by Gasteiger charge is 2.13. The summed E-state index contributed by atoms with van der Waals surface area (Å²) >= 11 is 0. The zero-order valence-corrected chi connectivity index (χ0v) is 14.7. The fraction of sp³-hybridized carbons (Fsp3) is 0.316. The van der Waals surface area contributed by atoms with E-state index in [4.69, 9.17) is 4.74 Å². The second kappa shape index (κ2) is 8.82. The van der Waals surface area contributed by atoms with Gasteiger partial charge in [0.1, 0.15) is 11.4 Å². The van der Waals surface area contributed by atoms with Crippen LogP contribution in [0, 0.1) is 0 Å². The number of amides is 2. The van der Waals surface area contributed by atoms with Crippen molar-refractivity contribution in [3.8, 4) is 5.75 Å². The van der Waals surface area contributed by atoms with Crippen LogP contribution in [-0.2, 0) is 6.54 Å². The number of para-hydroxylation sites is 1. The molecule has 1 heterocycles. The van der Waals surface area contributed by atoms with Gasteiger partial charge in [0.15, 0.2) is 0 Å². The summed E-state index contributed by atoms with van der Waals surface area (Å²) in [6.45, 7) is 4.24. The Kier molecular flexibility index (Phi) is 6.51. The van der Waals surface area contributed by atoms with Crippen LogP contribution < -0.4 is 15.4 Å². The smallest absolute Gasteiger partial charge is 0.270 e. The van der Waals surface area contributed by atoms with Crippen LogP contribution in [-0.4, -0.2) is 29.9 Å². The van der Waals surface area contributed by atoms with E-state index in [1.54, 1.807) is 13.2 Å². The van der Waals surface area contributed by atoms with Crippen LogP contribution in [0.2, 0.25) is 0 Å². The second-order valence-corrected chi connectivity index (χ2v) is 5.71. The number of methoxy groups -OCH3 is 1. The van der Waals surface area contributed by atoms with Crippen LogP contribution in [0.3, 0.4) is 0 Å². The molecule has 1 atom stereocenters. The maximum Gasteiger partial charge on any atom is 0.270 e. The SMILES string of the molecule is CCC(C)NC(=O)c1ccnc(C(=O)NCc2ccccc2OC)c1. The second-order valence-electron chi connectivity index (χ2n) is 5.71. The van der Waals surface area contributed by atoms with Gasteiger partial charge >= 0.3 is 0 Å². The third-order valence-corrected chi connectivity index (χ3v) is 3.88. The standard InChI is InChI=1S/C19H23N3O3/c1-4-13(2)22-18(23)14-9-10-20-16(11-14)19(24)21-12-15-7-5-6-8-17(15)25-3/h5-11,13H,4,12H2,1-3H3,(H,21,24)(H,22,23). The Balaban J connectivity index is 2.04. The molecule has 2 N–H and O–H groups in total. The molecule has 6 nitrogen and oxygen atoms in total. The Labute approximate surface area is 147 Å². The van der Waals surface area contributed by atoms with Crippen molar-refractivity contribution < 1.29 is 14.3 Å². The first kappa shape index (κ1) is 18.4. The predicted molar refractivity (Wildman–Crippen MR) is 95.6 cm³/mol. The number of benzene rings is 1. The number of pyridine rings is 1. The van der Waals surface area contributed by atoms with Crippen molar-refractivity contribution in [1.82, 2.24) is 15.6 Å². The number of rotatable bonds is 7. The minimum atomic E-state index is -0.343. The molecule has 0 aliphatic heterocycles. The van der Waals surface area contributed by atoms with Crippen molar-refractivity contribution in [1.29, 1.82) is 0 Å². The molecule has 1 aromatic heterocycles. The Morgan fingerprint density at radius 2 is 1.96 bits per heavy atom. The van der Waals surface area contributed by atoms with Gasteiger partial charge in [-0.05, 0) is 31.5 Å². The third-order valence-electron chi connectivity index (χ3n) is 3.88. The van der Waals surface area contributed by atoms with Crippen molar-refractivity contribution in [2.75, 3.05) is 7.11 Å². The van der Waals surface area contributed by atoms with E-state index in [0.29, 0.717) is 17.9 Å². The molecular formula is C19H23N3O3. The van der Waals surface area contributed by atoms with Gasteiger partial charge in [-0.3, -0.25) is 14.6 Å². The van der Waals surface area contributed by atoms with Crippen molar-refractivity contribution >= 4 is 11.8 Å². The summed E-state index contributed by atoms with van der Waals surface area (Å²) in [5.41, 5.74) is 1.48. The van der Waals surface area contributed by atoms with Crippen LogP contribution in [0.1, 0.15) is 46.7 Å². The van der Waals surface area contributed by atoms with Gasteiger partial charge in [-0.15, -0.1) is 0 Å². The molecule has 0 saturated heterocycles. The average Bonchev–Trinajstić information content (AvgIpc) is 2.66. The van der Waals surface area contributed by atoms with Crippen molar-refractivity contribution in [2.45, 2.75) is 32.9 Å². The number of ether oxygens (including phenoxy) is 1. The first-order valence-corrected chi connectivity index (χ1v) is 8.22. The lowest BCUT2D eigenvalue weighted by Gasteiger charge is -2.12. The first-order chi connectivity index (χ1) is 12.0. The Bertz CT molecular complexity index is 746. The number of nitrogens with zero attached hydrogens (tertiary/aromatic N) is 1. The van der Waals surface area contributed by atoms with Gasteiger partial charge in [-0.1, -0.05) is 25.1 Å². The third kappa shape index (κ3) is 5.04. The summed E-state index contributed by atoms with van der Waals surface area (Å²) in [5.74, 6) is 0.150. The molecule has 1 unspecified atom stereocenters. The van der Waals surface area contributed by atoms with E-state index in [1.165, 1.54) is 12.3 Å². The molecule has 2 amide bonds. The summed E-state index contributed by atoms with van der Waals surface area (Å²) in [6.07, 6.45) is 2.30. The molecule has 0 aliphatic rings. The number of aromatic nitrogens is 1. The molecule has 2 rings (SSSR count). The summed E-state index contributed by atoms with van der Waals surface area (Å²) in [6, 6.07) is 10.6. The molecule has 0 aliphatic carbocycles. The van der Waals surface area contributed by atoms with Gasteiger partial charge in [-0.25, -0.2) is 0 Å². The molecular weight excluding hydrogens is 318 g/mol. The highest BCUT2D eigenvalue weighted by atomic mass is 16.5. The Morgan fingerprint density at radius 3 is 2.68 bits per heavy atom. The number of carbonyl (C=O) groups excluding carboxylic acids is 2. The van der Waals surface area contributed by atoms with Crippen LogP contribution in [0.5, 0.6) is 5.75 Å². The fourth-order valence-corrected chi connectivity index (χ4v) is 2.22. The van der Waals surface area contributed by atoms with Crippen LogP contribution in [0.25, 0.3) is 0 Å². The highest BCUT2D eigenvalue weighted by Crippen LogP contribution is 2.16. The molecule has 2 aromatic rings. The van der Waals surface area contributed by atoms with E-state index in [0.717, 1.165) is 12.0 Å². The summed E-state index contributed by atoms with van der Waals surface area (Å²) in [4.78, 5) is 28.5. The average molecular weight is 341 g/mol. The van der Waals surface area contributed by atoms with Gasteiger partial charge in [0, 0.05) is 29.9 Å². The maximum absolute atomic E-state index is 12.3. The largest absolute Gasteiger partial charge is 0.496 e. The zero-order valence-electron chi connectivity index (χ0n) is 14.7. The molecule has 132 valence electrons. The van der Waals surface area contributed by atoms with Gasteiger partial charge in [0.05, 0.1) is 7.11 Å². The molecule has 6 heteroatoms. The molecule has 0 radical (unpaired) electrons. The fourth-order valence-electron chi connectivity index (χ4n) is 2.22. The van der Waals surface area contributed by atoms with Crippen LogP contribution in [0.15, 0.2) is 42.6 Å². The molecule has 0 spiro atoms. The molecule has 0 saturated carbocycles. The van der Waals surface area contributed by atoms with E-state index < -0.39 is 0 Å². The zero-order chi connectivity index (χ0) is 18.2. The lowest BCUT2D eigenvalue weighted by molar-refractivity contribution is 0.0939. The molecule has 25 heavy (non-hydrogen) atoms. The monoisotopic (exact) mass is 341 g/mol. The lowest BCUT2D eigenvalue weighted by Crippen LogP contribution is -2.32. The molecule has 0 bridgehead atoms. The Hall–Kier alpha value is -2.89. The number of hydrogen-bond donors (Lipinski definition) is 2. The van der Waals surface area contributed by atoms with Crippen LogP contribution in [0.4, 0.5) is 0 Å². The minimum absolute atomic E-state index is 0.0727. The van der Waals surface area contributed by atoms with Gasteiger partial charge in [0.25, 0.3) is 11.8 Å². The molecule has 0 fully saturated rings. The van der Waals surface area contributed by atoms with Crippen molar-refractivity contribution in [2.24, 2.45) is 0 Å². The van der Waals surface area contributed by atoms with Gasteiger partial charge in [-0.2, -0.15) is 0 Å². The van der Waals surface area contributed by atoms with Crippen LogP contribution >= 0.6 is 0 Å². The summed E-state index contributed by atoms with van der Waals surface area (Å²) < 4.78 is 5.26. The van der Waals surface area contributed by atoms with Gasteiger partial charge in [0.2, 0.25) is 0 Å². The number of hydrogen-bond acceptors (Lipinski definition) is 4. The lowest BCUT2D eigenvalue weighted by atomic mass is 10.1. The van der Waals surface area contributed by atoms with Gasteiger partial charge < -0.3 is 15.4 Å². The van der Waals surface area contributed by atoms with Crippen molar-refractivity contribution in [3.63, 3.8) is 0 Å². The van der Waals surface area contributed by atoms with E-state index in [9.17, 15) is 9.59 Å². The minimum Gasteiger partial charge on any atom is -0.496 e. The van der Waals surface area contributed by atoms with E-state index in [2.05, 4.69) is 15.6 Å². The Morgan fingerprint density at radius 1 is 1.20 bits per heavy atom. The topological polar surface area (TPSA) is 80.3 Å². The number of carbonyl (C=O) groups is 2. The highest BCUT2D eigenvalue weighted by molar-refractivity contribution is 5.98. The quantitative estimate of drug-likeness (QED) is 0.811. The molecule has 1 aromatic carbocycles. The van der Waals surface area contributed by atoms with E-state index in [1.807, 2.05) is 38.1 Å². The summed E-state index contributed by atoms with van der Waals surface area (Å²) in [5, 5.41) is 5.66. The predicted octanol–water partition coefficient (Wildman–Crippen LogP) is 2.55. The van der Waals surface area contributed by atoms with Crippen molar-refractivity contribution in [3.05, 3.63) is 59.4 Å². The normalized spacial score (nSPS) is 11.5. The van der Waals surface area contributed by atoms with E-state index in [-0.39, 0.29) is 23.6 Å². The summed E-state index contributed by atoms with van der Waals surface area (Å²) in [7, 11) is 1.58. The maximum atomic E-state index is 12.3.